The minimum atomic E-state index is -0.897. The van der Waals surface area contributed by atoms with Gasteiger partial charge in [-0.1, -0.05) is 18.2 Å². The lowest BCUT2D eigenvalue weighted by molar-refractivity contribution is -0.132. The van der Waals surface area contributed by atoms with Crippen molar-refractivity contribution < 1.29 is 24.5 Å². The highest BCUT2D eigenvalue weighted by Gasteiger charge is 2.47. The van der Waals surface area contributed by atoms with Crippen LogP contribution >= 0.6 is 0 Å². The molecule has 3 aromatic rings. The molecule has 1 heterocycles. The van der Waals surface area contributed by atoms with Gasteiger partial charge in [0.05, 0.1) is 18.7 Å². The number of phenolic OH excluding ortho intramolecular Hbond substituents is 1. The maximum absolute atomic E-state index is 13.2. The number of ketones is 1. The van der Waals surface area contributed by atoms with Gasteiger partial charge in [-0.15, -0.1) is 0 Å². The third kappa shape index (κ3) is 3.60. The van der Waals surface area contributed by atoms with Crippen molar-refractivity contribution in [3.05, 3.63) is 94.6 Å². The van der Waals surface area contributed by atoms with Crippen LogP contribution in [0.2, 0.25) is 0 Å². The Balaban J connectivity index is 1.94. The van der Waals surface area contributed by atoms with Crippen LogP contribution in [0, 0.1) is 13.8 Å². The summed E-state index contributed by atoms with van der Waals surface area (Å²) in [7, 11) is 1.53. The molecule has 6 heteroatoms. The smallest absolute Gasteiger partial charge is 0.300 e. The topological polar surface area (TPSA) is 87.1 Å². The first-order valence-corrected chi connectivity index (χ1v) is 10.1. The summed E-state index contributed by atoms with van der Waals surface area (Å²) in [5, 5.41) is 21.2. The molecule has 32 heavy (non-hydrogen) atoms. The van der Waals surface area contributed by atoms with Gasteiger partial charge in [0.1, 0.15) is 17.3 Å². The van der Waals surface area contributed by atoms with Gasteiger partial charge in [-0.2, -0.15) is 0 Å². The minimum absolute atomic E-state index is 0.00220. The summed E-state index contributed by atoms with van der Waals surface area (Å²) in [6, 6.07) is 17.5. The van der Waals surface area contributed by atoms with E-state index in [2.05, 4.69) is 0 Å². The number of amides is 1. The van der Waals surface area contributed by atoms with E-state index in [-0.39, 0.29) is 17.1 Å². The molecule has 4 rings (SSSR count). The number of aromatic hydroxyl groups is 1. The van der Waals surface area contributed by atoms with Crippen LogP contribution in [0.15, 0.2) is 72.3 Å². The highest BCUT2D eigenvalue weighted by Crippen LogP contribution is 2.43. The van der Waals surface area contributed by atoms with E-state index in [1.807, 2.05) is 26.0 Å². The predicted molar refractivity (Wildman–Crippen MR) is 122 cm³/mol. The van der Waals surface area contributed by atoms with Crippen molar-refractivity contribution in [3.8, 4) is 11.5 Å². The van der Waals surface area contributed by atoms with Crippen molar-refractivity contribution in [1.82, 2.24) is 0 Å². The highest BCUT2D eigenvalue weighted by molar-refractivity contribution is 6.51. The molecule has 1 atom stereocenters. The number of carbonyl (C=O) groups is 2. The number of anilines is 1. The highest BCUT2D eigenvalue weighted by atomic mass is 16.5. The molecule has 1 saturated heterocycles. The second-order valence-electron chi connectivity index (χ2n) is 7.76. The molecule has 0 spiro atoms. The lowest BCUT2D eigenvalue weighted by Crippen LogP contribution is -2.29. The third-order valence-corrected chi connectivity index (χ3v) is 5.76. The second kappa shape index (κ2) is 8.23. The Hall–Kier alpha value is -4.06. The summed E-state index contributed by atoms with van der Waals surface area (Å²) in [5.74, 6) is -1.22. The van der Waals surface area contributed by atoms with Crippen molar-refractivity contribution in [2.75, 3.05) is 12.0 Å². The van der Waals surface area contributed by atoms with E-state index >= 15 is 0 Å². The molecule has 0 aromatic heterocycles. The van der Waals surface area contributed by atoms with Crippen molar-refractivity contribution in [2.45, 2.75) is 19.9 Å². The number of Topliss-reactive ketones (excluding diaryl/α,β-unsaturated/α-hetero) is 1. The van der Waals surface area contributed by atoms with E-state index in [1.165, 1.54) is 24.1 Å². The molecule has 0 bridgehead atoms. The first-order valence-electron chi connectivity index (χ1n) is 10.1. The molecule has 1 aliphatic rings. The van der Waals surface area contributed by atoms with Crippen LogP contribution in [0.1, 0.15) is 28.3 Å². The van der Waals surface area contributed by atoms with Gasteiger partial charge in [-0.05, 0) is 79.1 Å². The maximum atomic E-state index is 13.2. The average molecular weight is 429 g/mol. The fraction of sp³-hybridized carbons (Fsp3) is 0.154. The SMILES string of the molecule is COc1ccc(/C(O)=C2\C(=O)C(=O)N(c3ccc(C)c(C)c3)C2c2cccc(O)c2)cc1. The summed E-state index contributed by atoms with van der Waals surface area (Å²) in [6.45, 7) is 3.89. The van der Waals surface area contributed by atoms with Gasteiger partial charge in [0.2, 0.25) is 0 Å². The van der Waals surface area contributed by atoms with Crippen molar-refractivity contribution in [1.29, 1.82) is 0 Å². The number of aliphatic hydroxyl groups excluding tert-OH is 1. The maximum Gasteiger partial charge on any atom is 0.300 e. The first kappa shape index (κ1) is 21.2. The number of rotatable bonds is 4. The Morgan fingerprint density at radius 3 is 2.28 bits per heavy atom. The van der Waals surface area contributed by atoms with Gasteiger partial charge < -0.3 is 14.9 Å². The van der Waals surface area contributed by atoms with Crippen LogP contribution in [-0.2, 0) is 9.59 Å². The molecule has 1 aliphatic heterocycles. The molecule has 1 unspecified atom stereocenters. The van der Waals surface area contributed by atoms with Gasteiger partial charge in [0.25, 0.3) is 11.7 Å². The summed E-state index contributed by atoms with van der Waals surface area (Å²) >= 11 is 0. The number of nitrogens with zero attached hydrogens (tertiary/aromatic N) is 1. The molecule has 0 aliphatic carbocycles. The Morgan fingerprint density at radius 1 is 0.938 bits per heavy atom. The van der Waals surface area contributed by atoms with Crippen molar-refractivity contribution in [2.24, 2.45) is 0 Å². The second-order valence-corrected chi connectivity index (χ2v) is 7.76. The molecule has 0 radical (unpaired) electrons. The minimum Gasteiger partial charge on any atom is -0.508 e. The fourth-order valence-corrected chi connectivity index (χ4v) is 3.89. The van der Waals surface area contributed by atoms with Gasteiger partial charge >= 0.3 is 0 Å². The molecule has 6 nitrogen and oxygen atoms in total. The molecule has 3 aromatic carbocycles. The fourth-order valence-electron chi connectivity index (χ4n) is 3.89. The van der Waals surface area contributed by atoms with Crippen LogP contribution < -0.4 is 9.64 Å². The zero-order chi connectivity index (χ0) is 23.0. The Morgan fingerprint density at radius 2 is 1.66 bits per heavy atom. The zero-order valence-electron chi connectivity index (χ0n) is 18.0. The monoisotopic (exact) mass is 429 g/mol. The normalized spacial score (nSPS) is 17.6. The number of methoxy groups -OCH3 is 1. The summed E-state index contributed by atoms with van der Waals surface area (Å²) in [4.78, 5) is 27.7. The Bertz CT molecular complexity index is 1240. The number of hydrogen-bond donors (Lipinski definition) is 2. The zero-order valence-corrected chi connectivity index (χ0v) is 18.0. The first-order chi connectivity index (χ1) is 15.3. The van der Waals surface area contributed by atoms with Gasteiger partial charge in [-0.25, -0.2) is 0 Å². The van der Waals surface area contributed by atoms with Gasteiger partial charge in [0, 0.05) is 11.3 Å². The van der Waals surface area contributed by atoms with Gasteiger partial charge in [0.15, 0.2) is 0 Å². The molecule has 0 saturated carbocycles. The number of benzene rings is 3. The van der Waals surface area contributed by atoms with E-state index in [1.54, 1.807) is 42.5 Å². The quantitative estimate of drug-likeness (QED) is 0.358. The van der Waals surface area contributed by atoms with Crippen LogP contribution in [0.25, 0.3) is 5.76 Å². The largest absolute Gasteiger partial charge is 0.508 e. The standard InChI is InChI=1S/C26H23NO5/c1-15-7-10-19(13-16(15)2)27-23(18-5-4-6-20(28)14-18)22(25(30)26(27)31)24(29)17-8-11-21(32-3)12-9-17/h4-14,23,28-29H,1-3H3/b24-22+. The molecule has 162 valence electrons. The summed E-state index contributed by atoms with van der Waals surface area (Å²) < 4.78 is 5.16. The molecule has 2 N–H and O–H groups in total. The summed E-state index contributed by atoms with van der Waals surface area (Å²) in [5.41, 5.74) is 3.42. The van der Waals surface area contributed by atoms with E-state index in [9.17, 15) is 19.8 Å². The van der Waals surface area contributed by atoms with E-state index in [0.717, 1.165) is 11.1 Å². The van der Waals surface area contributed by atoms with Gasteiger partial charge in [-0.3, -0.25) is 14.5 Å². The summed E-state index contributed by atoms with van der Waals surface area (Å²) in [6.07, 6.45) is 0. The van der Waals surface area contributed by atoms with E-state index in [0.29, 0.717) is 22.6 Å². The number of aryl methyl sites for hydroxylation is 2. The Kier molecular flexibility index (Phi) is 5.45. The number of aliphatic hydroxyl groups is 1. The van der Waals surface area contributed by atoms with Crippen molar-refractivity contribution >= 4 is 23.1 Å². The van der Waals surface area contributed by atoms with Crippen molar-refractivity contribution in [3.63, 3.8) is 0 Å². The van der Waals surface area contributed by atoms with Crippen LogP contribution in [0.5, 0.6) is 11.5 Å². The lowest BCUT2D eigenvalue weighted by Gasteiger charge is -2.26. The third-order valence-electron chi connectivity index (χ3n) is 5.76. The van der Waals surface area contributed by atoms with E-state index < -0.39 is 17.7 Å². The van der Waals surface area contributed by atoms with Crippen LogP contribution in [0.3, 0.4) is 0 Å². The molecule has 1 fully saturated rings. The number of phenols is 1. The predicted octanol–water partition coefficient (Wildman–Crippen LogP) is 4.64. The Labute approximate surface area is 186 Å². The molecule has 1 amide bonds. The van der Waals surface area contributed by atoms with Crippen LogP contribution in [-0.4, -0.2) is 29.0 Å². The average Bonchev–Trinajstić information content (AvgIpc) is 3.06. The molecular formula is C26H23NO5. The number of hydrogen-bond acceptors (Lipinski definition) is 5. The number of ether oxygens (including phenoxy) is 1. The van der Waals surface area contributed by atoms with Crippen LogP contribution in [0.4, 0.5) is 5.69 Å². The molecular weight excluding hydrogens is 406 g/mol. The van der Waals surface area contributed by atoms with E-state index in [4.69, 9.17) is 4.74 Å². The lowest BCUT2D eigenvalue weighted by atomic mass is 9.94. The number of carbonyl (C=O) groups excluding carboxylic acids is 2.